The number of nitrogens with one attached hydrogen (secondary N) is 1. The molecule has 1 N–H and O–H groups in total. The second-order valence-corrected chi connectivity index (χ2v) is 8.12. The van der Waals surface area contributed by atoms with Gasteiger partial charge in [-0.1, -0.05) is 0 Å². The normalized spacial score (nSPS) is 17.8. The van der Waals surface area contributed by atoms with Crippen molar-refractivity contribution < 1.29 is 18.8 Å². The molecule has 0 saturated heterocycles. The van der Waals surface area contributed by atoms with Gasteiger partial charge < -0.3 is 0 Å². The maximum absolute atomic E-state index is 12.5. The molecule has 0 spiro atoms. The van der Waals surface area contributed by atoms with E-state index in [9.17, 15) is 17.4 Å². The molecule has 0 aliphatic carbocycles. The number of alkyl halides is 3. The minimum atomic E-state index is -4.38. The molecule has 2 unspecified atom stereocenters. The maximum Gasteiger partial charge on any atom is 0.408 e. The second kappa shape index (κ2) is 6.20. The molecule has 2 heterocycles. The Bertz CT molecular complexity index is 767. The highest BCUT2D eigenvalue weighted by molar-refractivity contribution is 7.84. The SMILES string of the molecule is [2H]C(C)(NS(=O)C(C)(C)C)c1cc2cnn(CC(F)(F)F)c2cn1. The third-order valence-electron chi connectivity index (χ3n) is 3.04. The van der Waals surface area contributed by atoms with Crippen LogP contribution in [0.4, 0.5) is 13.2 Å². The van der Waals surface area contributed by atoms with Crippen LogP contribution in [0.1, 0.15) is 40.8 Å². The van der Waals surface area contributed by atoms with Gasteiger partial charge in [-0.2, -0.15) is 18.3 Å². The van der Waals surface area contributed by atoms with E-state index in [4.69, 9.17) is 1.37 Å². The van der Waals surface area contributed by atoms with E-state index in [-0.39, 0.29) is 11.2 Å². The topological polar surface area (TPSA) is 59.8 Å². The molecule has 23 heavy (non-hydrogen) atoms. The van der Waals surface area contributed by atoms with Crippen molar-refractivity contribution in [3.8, 4) is 0 Å². The third kappa shape index (κ3) is 4.51. The van der Waals surface area contributed by atoms with Crippen molar-refractivity contribution in [2.45, 2.75) is 51.2 Å². The summed E-state index contributed by atoms with van der Waals surface area (Å²) < 4.78 is 61.0. The summed E-state index contributed by atoms with van der Waals surface area (Å²) in [5.41, 5.74) is 0.475. The molecule has 2 aromatic heterocycles. The molecule has 5 nitrogen and oxygen atoms in total. The summed E-state index contributed by atoms with van der Waals surface area (Å²) in [6, 6.07) is 0.0214. The summed E-state index contributed by atoms with van der Waals surface area (Å²) in [5, 5.41) is 4.16. The molecule has 2 atom stereocenters. The molecule has 0 bridgehead atoms. The van der Waals surface area contributed by atoms with Crippen molar-refractivity contribution in [3.05, 3.63) is 24.2 Å². The van der Waals surface area contributed by atoms with Gasteiger partial charge >= 0.3 is 6.18 Å². The van der Waals surface area contributed by atoms with Crippen LogP contribution in [0.25, 0.3) is 10.9 Å². The number of hydrogen-bond acceptors (Lipinski definition) is 3. The predicted molar refractivity (Wildman–Crippen MR) is 83.0 cm³/mol. The lowest BCUT2D eigenvalue weighted by atomic mass is 10.2. The fourth-order valence-electron chi connectivity index (χ4n) is 1.82. The first kappa shape index (κ1) is 16.4. The molecule has 0 saturated carbocycles. The second-order valence-electron chi connectivity index (χ2n) is 6.15. The van der Waals surface area contributed by atoms with E-state index in [1.165, 1.54) is 25.4 Å². The molecule has 128 valence electrons. The highest BCUT2D eigenvalue weighted by Gasteiger charge is 2.29. The van der Waals surface area contributed by atoms with E-state index >= 15 is 0 Å². The van der Waals surface area contributed by atoms with E-state index in [0.29, 0.717) is 5.39 Å². The van der Waals surface area contributed by atoms with Gasteiger partial charge in [0.05, 0.1) is 46.7 Å². The van der Waals surface area contributed by atoms with E-state index in [1.807, 2.05) is 0 Å². The minimum Gasteiger partial charge on any atom is -0.257 e. The number of aromatic nitrogens is 3. The van der Waals surface area contributed by atoms with Gasteiger partial charge in [0.1, 0.15) is 6.54 Å². The van der Waals surface area contributed by atoms with Gasteiger partial charge in [0.2, 0.25) is 0 Å². The van der Waals surface area contributed by atoms with E-state index < -0.39 is 34.5 Å². The average Bonchev–Trinajstić information content (AvgIpc) is 2.77. The molecule has 0 fully saturated rings. The molecule has 0 aliphatic rings. The van der Waals surface area contributed by atoms with E-state index in [2.05, 4.69) is 14.8 Å². The van der Waals surface area contributed by atoms with Crippen LogP contribution in [0.5, 0.6) is 0 Å². The smallest absolute Gasteiger partial charge is 0.257 e. The van der Waals surface area contributed by atoms with Gasteiger partial charge in [-0.15, -0.1) is 0 Å². The van der Waals surface area contributed by atoms with Crippen molar-refractivity contribution in [1.82, 2.24) is 19.5 Å². The van der Waals surface area contributed by atoms with Gasteiger partial charge in [-0.25, -0.2) is 8.93 Å². The molecule has 0 radical (unpaired) electrons. The predicted octanol–water partition coefficient (Wildman–Crippen LogP) is 3.11. The van der Waals surface area contributed by atoms with Crippen molar-refractivity contribution in [2.75, 3.05) is 0 Å². The van der Waals surface area contributed by atoms with Gasteiger partial charge in [0, 0.05) is 5.39 Å². The molecular weight excluding hydrogens is 329 g/mol. The quantitative estimate of drug-likeness (QED) is 0.923. The zero-order chi connectivity index (χ0) is 18.3. The summed E-state index contributed by atoms with van der Waals surface area (Å²) >= 11 is 0. The van der Waals surface area contributed by atoms with Crippen LogP contribution >= 0.6 is 0 Å². The van der Waals surface area contributed by atoms with Crippen LogP contribution in [0, 0.1) is 0 Å². The van der Waals surface area contributed by atoms with Gasteiger partial charge in [-0.3, -0.25) is 9.67 Å². The molecule has 0 aliphatic heterocycles. The molecule has 2 rings (SSSR count). The fourth-order valence-corrected chi connectivity index (χ4v) is 2.51. The highest BCUT2D eigenvalue weighted by Crippen LogP contribution is 2.23. The molecule has 2 aromatic rings. The van der Waals surface area contributed by atoms with Crippen molar-refractivity contribution in [3.63, 3.8) is 0 Å². The fraction of sp³-hybridized carbons (Fsp3) is 0.571. The van der Waals surface area contributed by atoms with Crippen LogP contribution in [0.15, 0.2) is 18.5 Å². The van der Waals surface area contributed by atoms with Gasteiger partial charge in [-0.05, 0) is 33.8 Å². The Balaban J connectivity index is 2.32. The van der Waals surface area contributed by atoms with Gasteiger partial charge in [0.15, 0.2) is 0 Å². The van der Waals surface area contributed by atoms with Crippen LogP contribution in [0.3, 0.4) is 0 Å². The number of fused-ring (bicyclic) bond motifs is 1. The zero-order valence-corrected chi connectivity index (χ0v) is 14.0. The summed E-state index contributed by atoms with van der Waals surface area (Å²) in [7, 11) is -1.50. The lowest BCUT2D eigenvalue weighted by molar-refractivity contribution is -0.141. The Kier molecular flexibility index (Phi) is 4.41. The highest BCUT2D eigenvalue weighted by atomic mass is 32.2. The molecule has 0 aromatic carbocycles. The first-order chi connectivity index (χ1) is 10.8. The average molecular weight is 349 g/mol. The first-order valence-electron chi connectivity index (χ1n) is 7.38. The number of hydrogen-bond donors (Lipinski definition) is 1. The number of halogens is 3. The molecule has 9 heteroatoms. The lowest BCUT2D eigenvalue weighted by Gasteiger charge is -2.21. The van der Waals surface area contributed by atoms with E-state index in [0.717, 1.165) is 4.68 Å². The van der Waals surface area contributed by atoms with Crippen molar-refractivity contribution in [1.29, 1.82) is 0 Å². The van der Waals surface area contributed by atoms with Crippen molar-refractivity contribution in [2.24, 2.45) is 0 Å². The molecule has 0 amide bonds. The maximum atomic E-state index is 12.5. The molecular formula is C14H19F3N4OS. The first-order valence-corrected chi connectivity index (χ1v) is 8.03. The Hall–Kier alpha value is -1.48. The monoisotopic (exact) mass is 349 g/mol. The Morgan fingerprint density at radius 2 is 2.04 bits per heavy atom. The largest absolute Gasteiger partial charge is 0.408 e. The Morgan fingerprint density at radius 3 is 2.61 bits per heavy atom. The van der Waals surface area contributed by atoms with Crippen LogP contribution in [-0.2, 0) is 17.5 Å². The standard InChI is InChI=1S/C14H19F3N4OS/c1-9(20-23(22)13(2,3)4)11-5-10-6-19-21(8-14(15,16)17)12(10)7-18-11/h5-7,9,20H,8H2,1-4H3/i9D. The Morgan fingerprint density at radius 1 is 1.39 bits per heavy atom. The van der Waals surface area contributed by atoms with Crippen molar-refractivity contribution >= 4 is 21.9 Å². The zero-order valence-electron chi connectivity index (χ0n) is 14.2. The van der Waals surface area contributed by atoms with E-state index in [1.54, 1.807) is 20.8 Å². The Labute approximate surface area is 136 Å². The number of rotatable bonds is 4. The van der Waals surface area contributed by atoms with Crippen LogP contribution in [0.2, 0.25) is 0 Å². The van der Waals surface area contributed by atoms with Crippen LogP contribution < -0.4 is 4.72 Å². The minimum absolute atomic E-state index is 0.226. The summed E-state index contributed by atoms with van der Waals surface area (Å²) in [6.45, 7) is 5.59. The third-order valence-corrected chi connectivity index (χ3v) is 4.65. The summed E-state index contributed by atoms with van der Waals surface area (Å²) in [5.74, 6) is 0. The van der Waals surface area contributed by atoms with Crippen LogP contribution in [-0.4, -0.2) is 29.9 Å². The number of nitrogens with zero attached hydrogens (tertiary/aromatic N) is 3. The summed E-state index contributed by atoms with van der Waals surface area (Å²) in [6.07, 6.45) is -1.84. The van der Waals surface area contributed by atoms with Gasteiger partial charge in [0.25, 0.3) is 0 Å². The lowest BCUT2D eigenvalue weighted by Crippen LogP contribution is -2.35. The summed E-state index contributed by atoms with van der Waals surface area (Å²) in [4.78, 5) is 4.06. The number of pyridine rings is 1.